The number of aliphatic carboxylic acids is 1. The van der Waals surface area contributed by atoms with Gasteiger partial charge in [0.25, 0.3) is 0 Å². The molecule has 0 saturated carbocycles. The molecule has 0 fully saturated rings. The molecule has 18 heavy (non-hydrogen) atoms. The zero-order valence-electron chi connectivity index (χ0n) is 10.9. The highest BCUT2D eigenvalue weighted by Crippen LogP contribution is 2.32. The molecule has 0 aromatic heterocycles. The first-order valence-corrected chi connectivity index (χ1v) is 6.53. The highest BCUT2D eigenvalue weighted by molar-refractivity contribution is 5.70. The van der Waals surface area contributed by atoms with E-state index in [4.69, 9.17) is 4.74 Å². The van der Waals surface area contributed by atoms with Crippen LogP contribution in [0.15, 0.2) is 24.3 Å². The number of carboxylic acids is 1. The third-order valence-electron chi connectivity index (χ3n) is 3.37. The lowest BCUT2D eigenvalue weighted by Gasteiger charge is -2.18. The summed E-state index contributed by atoms with van der Waals surface area (Å²) in [6.45, 7) is 4.11. The Kier molecular flexibility index (Phi) is 3.90. The lowest BCUT2D eigenvalue weighted by Crippen LogP contribution is -2.24. The first-order chi connectivity index (χ1) is 8.56. The minimum absolute atomic E-state index is 0.0160. The van der Waals surface area contributed by atoms with Crippen LogP contribution in [0.3, 0.4) is 0 Å². The van der Waals surface area contributed by atoms with Crippen molar-refractivity contribution in [2.24, 2.45) is 11.8 Å². The largest absolute Gasteiger partial charge is 0.490 e. The number of carboxylic acid groups (broad SMARTS) is 1. The number of benzene rings is 1. The molecule has 0 radical (unpaired) electrons. The number of carbonyl (C=O) groups is 1. The van der Waals surface area contributed by atoms with E-state index in [0.717, 1.165) is 12.2 Å². The number of para-hydroxylation sites is 1. The quantitative estimate of drug-likeness (QED) is 0.870. The fourth-order valence-electron chi connectivity index (χ4n) is 2.57. The predicted molar refractivity (Wildman–Crippen MR) is 69.8 cm³/mol. The van der Waals surface area contributed by atoms with Crippen LogP contribution in [0.1, 0.15) is 32.3 Å². The van der Waals surface area contributed by atoms with Crippen molar-refractivity contribution in [1.82, 2.24) is 0 Å². The first kappa shape index (κ1) is 12.9. The smallest absolute Gasteiger partial charge is 0.306 e. The molecule has 1 aromatic carbocycles. The lowest BCUT2D eigenvalue weighted by atomic mass is 9.91. The summed E-state index contributed by atoms with van der Waals surface area (Å²) in [4.78, 5) is 11.2. The van der Waals surface area contributed by atoms with Crippen LogP contribution in [0.4, 0.5) is 0 Å². The van der Waals surface area contributed by atoms with Gasteiger partial charge in [-0.1, -0.05) is 32.0 Å². The van der Waals surface area contributed by atoms with Crippen LogP contribution in [-0.4, -0.2) is 17.2 Å². The molecule has 0 bridgehead atoms. The van der Waals surface area contributed by atoms with Crippen LogP contribution in [0.25, 0.3) is 0 Å². The third-order valence-corrected chi connectivity index (χ3v) is 3.37. The summed E-state index contributed by atoms with van der Waals surface area (Å²) in [7, 11) is 0. The molecular weight excluding hydrogens is 228 g/mol. The Bertz CT molecular complexity index is 401. The molecule has 1 aromatic rings. The summed E-state index contributed by atoms with van der Waals surface area (Å²) in [6, 6.07) is 7.94. The number of fused-ring (bicyclic) bond motifs is 1. The second-order valence-corrected chi connectivity index (χ2v) is 5.45. The SMILES string of the molecule is CC(C)CC(CC1Cc2ccccc2O1)C(=O)O. The number of hydrogen-bond donors (Lipinski definition) is 1. The zero-order valence-corrected chi connectivity index (χ0v) is 10.9. The molecule has 2 unspecified atom stereocenters. The molecule has 1 aliphatic rings. The molecule has 2 rings (SSSR count). The van der Waals surface area contributed by atoms with E-state index in [-0.39, 0.29) is 12.0 Å². The first-order valence-electron chi connectivity index (χ1n) is 6.53. The highest BCUT2D eigenvalue weighted by atomic mass is 16.5. The van der Waals surface area contributed by atoms with Gasteiger partial charge in [-0.2, -0.15) is 0 Å². The zero-order chi connectivity index (χ0) is 13.1. The maximum absolute atomic E-state index is 11.2. The van der Waals surface area contributed by atoms with Crippen molar-refractivity contribution >= 4 is 5.97 Å². The van der Waals surface area contributed by atoms with E-state index in [2.05, 4.69) is 13.8 Å². The third kappa shape index (κ3) is 3.03. The van der Waals surface area contributed by atoms with Crippen molar-refractivity contribution in [2.75, 3.05) is 0 Å². The summed E-state index contributed by atoms with van der Waals surface area (Å²) in [5.74, 6) is 0.304. The van der Waals surface area contributed by atoms with Gasteiger partial charge >= 0.3 is 5.97 Å². The van der Waals surface area contributed by atoms with E-state index in [0.29, 0.717) is 18.8 Å². The van der Waals surface area contributed by atoms with Gasteiger partial charge in [-0.15, -0.1) is 0 Å². The summed E-state index contributed by atoms with van der Waals surface area (Å²) >= 11 is 0. The number of rotatable bonds is 5. The van der Waals surface area contributed by atoms with Crippen molar-refractivity contribution in [2.45, 2.75) is 39.2 Å². The average Bonchev–Trinajstić information content (AvgIpc) is 2.69. The van der Waals surface area contributed by atoms with E-state index in [9.17, 15) is 9.90 Å². The summed E-state index contributed by atoms with van der Waals surface area (Å²) in [6.07, 6.45) is 2.16. The Labute approximate surface area is 108 Å². The fraction of sp³-hybridized carbons (Fsp3) is 0.533. The molecule has 0 saturated heterocycles. The Morgan fingerprint density at radius 1 is 1.44 bits per heavy atom. The van der Waals surface area contributed by atoms with Crippen LogP contribution in [0.5, 0.6) is 5.75 Å². The lowest BCUT2D eigenvalue weighted by molar-refractivity contribution is -0.143. The minimum Gasteiger partial charge on any atom is -0.490 e. The van der Waals surface area contributed by atoms with Crippen molar-refractivity contribution in [3.8, 4) is 5.75 Å². The van der Waals surface area contributed by atoms with Gasteiger partial charge in [0, 0.05) is 6.42 Å². The Morgan fingerprint density at radius 2 is 2.17 bits per heavy atom. The molecule has 98 valence electrons. The van der Waals surface area contributed by atoms with Crippen LogP contribution in [-0.2, 0) is 11.2 Å². The summed E-state index contributed by atoms with van der Waals surface area (Å²) < 4.78 is 5.81. The van der Waals surface area contributed by atoms with Gasteiger partial charge < -0.3 is 9.84 Å². The van der Waals surface area contributed by atoms with E-state index < -0.39 is 5.97 Å². The maximum atomic E-state index is 11.2. The number of hydrogen-bond acceptors (Lipinski definition) is 2. The number of ether oxygens (including phenoxy) is 1. The van der Waals surface area contributed by atoms with Crippen LogP contribution in [0.2, 0.25) is 0 Å². The standard InChI is InChI=1S/C15H20O3/c1-10(2)7-12(15(16)17)9-13-8-11-5-3-4-6-14(11)18-13/h3-6,10,12-13H,7-9H2,1-2H3,(H,16,17). The van der Waals surface area contributed by atoms with E-state index >= 15 is 0 Å². The van der Waals surface area contributed by atoms with Crippen LogP contribution < -0.4 is 4.74 Å². The second kappa shape index (κ2) is 5.42. The molecule has 0 spiro atoms. The van der Waals surface area contributed by atoms with Crippen molar-refractivity contribution in [3.05, 3.63) is 29.8 Å². The molecule has 3 heteroatoms. The van der Waals surface area contributed by atoms with Crippen molar-refractivity contribution < 1.29 is 14.6 Å². The molecule has 0 aliphatic carbocycles. The van der Waals surface area contributed by atoms with Crippen LogP contribution >= 0.6 is 0 Å². The molecule has 2 atom stereocenters. The summed E-state index contributed by atoms with van der Waals surface area (Å²) in [5, 5.41) is 9.24. The summed E-state index contributed by atoms with van der Waals surface area (Å²) in [5.41, 5.74) is 1.19. The van der Waals surface area contributed by atoms with E-state index in [1.165, 1.54) is 5.56 Å². The Hall–Kier alpha value is -1.51. The van der Waals surface area contributed by atoms with Gasteiger partial charge in [0.15, 0.2) is 0 Å². The van der Waals surface area contributed by atoms with Crippen LogP contribution in [0, 0.1) is 11.8 Å². The highest BCUT2D eigenvalue weighted by Gasteiger charge is 2.29. The second-order valence-electron chi connectivity index (χ2n) is 5.45. The van der Waals surface area contributed by atoms with Gasteiger partial charge in [-0.3, -0.25) is 4.79 Å². The molecule has 1 heterocycles. The molecule has 0 amide bonds. The monoisotopic (exact) mass is 248 g/mol. The van der Waals surface area contributed by atoms with Gasteiger partial charge in [-0.05, 0) is 30.4 Å². The molecular formula is C15H20O3. The van der Waals surface area contributed by atoms with E-state index in [1.807, 2.05) is 24.3 Å². The molecule has 1 aliphatic heterocycles. The Balaban J connectivity index is 1.97. The predicted octanol–water partition coefficient (Wildman–Crippen LogP) is 3.13. The minimum atomic E-state index is -0.705. The fourth-order valence-corrected chi connectivity index (χ4v) is 2.57. The van der Waals surface area contributed by atoms with Gasteiger partial charge in [0.1, 0.15) is 11.9 Å². The topological polar surface area (TPSA) is 46.5 Å². The maximum Gasteiger partial charge on any atom is 0.306 e. The van der Waals surface area contributed by atoms with Gasteiger partial charge in [0.05, 0.1) is 5.92 Å². The van der Waals surface area contributed by atoms with Gasteiger partial charge in [-0.25, -0.2) is 0 Å². The van der Waals surface area contributed by atoms with Crippen molar-refractivity contribution in [1.29, 1.82) is 0 Å². The van der Waals surface area contributed by atoms with E-state index in [1.54, 1.807) is 0 Å². The average molecular weight is 248 g/mol. The molecule has 3 nitrogen and oxygen atoms in total. The van der Waals surface area contributed by atoms with Crippen molar-refractivity contribution in [3.63, 3.8) is 0 Å². The Morgan fingerprint density at radius 3 is 2.78 bits per heavy atom. The molecule has 1 N–H and O–H groups in total. The normalized spacial score (nSPS) is 19.4. The van der Waals surface area contributed by atoms with Gasteiger partial charge in [0.2, 0.25) is 0 Å².